The van der Waals surface area contributed by atoms with Crippen molar-refractivity contribution < 1.29 is 14.5 Å². The van der Waals surface area contributed by atoms with Gasteiger partial charge in [-0.15, -0.1) is 24.0 Å². The van der Waals surface area contributed by atoms with Crippen molar-refractivity contribution in [2.75, 3.05) is 26.2 Å². The Kier molecular flexibility index (Phi) is 9.09. The maximum atomic E-state index is 11.6. The van der Waals surface area contributed by atoms with Gasteiger partial charge >= 0.3 is 11.8 Å². The summed E-state index contributed by atoms with van der Waals surface area (Å²) in [5.74, 6) is 0.316. The third kappa shape index (κ3) is 6.65. The number of hydrogen-bond donors (Lipinski definition) is 2. The number of carbonyl (C=O) groups excluding carboxylic acids is 1. The average molecular weight is 481 g/mol. The number of carbonyl (C=O) groups is 1. The van der Waals surface area contributed by atoms with Gasteiger partial charge in [-0.2, -0.15) is 5.10 Å². The maximum absolute atomic E-state index is 11.6. The second-order valence-electron chi connectivity index (χ2n) is 5.59. The van der Waals surface area contributed by atoms with E-state index in [0.29, 0.717) is 38.7 Å². The lowest BCUT2D eigenvalue weighted by Crippen LogP contribution is -2.48. The number of nitrogens with zero attached hydrogens (tertiary/aromatic N) is 5. The summed E-state index contributed by atoms with van der Waals surface area (Å²) in [6.07, 6.45) is 3.80. The van der Waals surface area contributed by atoms with Gasteiger partial charge in [-0.3, -0.25) is 19.8 Å². The minimum atomic E-state index is -0.495. The Morgan fingerprint density at radius 1 is 1.54 bits per heavy atom. The molecule has 146 valence electrons. The Bertz CT molecular complexity index is 629. The van der Waals surface area contributed by atoms with Gasteiger partial charge in [-0.25, -0.2) is 4.79 Å². The standard InChI is InChI=1S/C14H23N7O4.HI/c1-2-25-14(22)19-6-3-11(4-7-19)18-13(15)16-5-8-20-10-12(9-17-20)21(23)24;/h9-11H,2-8H2,1H3,(H3,15,16,18);1H. The number of guanidine groups is 1. The van der Waals surface area contributed by atoms with Crippen LogP contribution in [-0.4, -0.2) is 63.9 Å². The molecule has 1 amide bonds. The van der Waals surface area contributed by atoms with Gasteiger partial charge in [-0.1, -0.05) is 0 Å². The van der Waals surface area contributed by atoms with E-state index in [2.05, 4.69) is 15.4 Å². The van der Waals surface area contributed by atoms with Crippen LogP contribution in [0.15, 0.2) is 17.4 Å². The van der Waals surface area contributed by atoms with E-state index in [-0.39, 0.29) is 41.8 Å². The number of nitrogens with one attached hydrogen (secondary N) is 1. The van der Waals surface area contributed by atoms with E-state index < -0.39 is 4.92 Å². The fourth-order valence-electron chi connectivity index (χ4n) is 2.52. The van der Waals surface area contributed by atoms with E-state index in [4.69, 9.17) is 10.5 Å². The van der Waals surface area contributed by atoms with Gasteiger partial charge in [0.25, 0.3) is 0 Å². The lowest BCUT2D eigenvalue weighted by Gasteiger charge is -2.31. The molecule has 26 heavy (non-hydrogen) atoms. The second-order valence-corrected chi connectivity index (χ2v) is 5.59. The highest BCUT2D eigenvalue weighted by Crippen LogP contribution is 2.11. The van der Waals surface area contributed by atoms with Crippen LogP contribution in [0.5, 0.6) is 0 Å². The number of likely N-dealkylation sites (tertiary alicyclic amines) is 1. The molecule has 0 bridgehead atoms. The smallest absolute Gasteiger partial charge is 0.409 e. The number of nitro groups is 1. The number of rotatable bonds is 6. The summed E-state index contributed by atoms with van der Waals surface area (Å²) in [7, 11) is 0. The first kappa shape index (κ1) is 21.9. The van der Waals surface area contributed by atoms with Crippen LogP contribution in [0, 0.1) is 10.1 Å². The summed E-state index contributed by atoms with van der Waals surface area (Å²) in [4.78, 5) is 27.6. The number of amides is 1. The van der Waals surface area contributed by atoms with Crippen LogP contribution in [0.2, 0.25) is 0 Å². The van der Waals surface area contributed by atoms with E-state index in [1.807, 2.05) is 0 Å². The summed E-state index contributed by atoms with van der Waals surface area (Å²) in [6, 6.07) is 0.153. The molecule has 2 heterocycles. The van der Waals surface area contributed by atoms with Crippen molar-refractivity contribution in [1.82, 2.24) is 20.0 Å². The molecule has 2 rings (SSSR count). The van der Waals surface area contributed by atoms with E-state index in [0.717, 1.165) is 12.8 Å². The summed E-state index contributed by atoms with van der Waals surface area (Å²) in [6.45, 7) is 4.14. The maximum Gasteiger partial charge on any atom is 0.409 e. The quantitative estimate of drug-likeness (QED) is 0.203. The van der Waals surface area contributed by atoms with Crippen molar-refractivity contribution in [3.05, 3.63) is 22.5 Å². The molecule has 11 nitrogen and oxygen atoms in total. The van der Waals surface area contributed by atoms with E-state index in [1.165, 1.54) is 17.1 Å². The van der Waals surface area contributed by atoms with E-state index in [9.17, 15) is 14.9 Å². The average Bonchev–Trinajstić information content (AvgIpc) is 3.05. The first-order valence-corrected chi connectivity index (χ1v) is 8.14. The van der Waals surface area contributed by atoms with Crippen LogP contribution in [0.3, 0.4) is 0 Å². The first-order chi connectivity index (χ1) is 12.0. The zero-order chi connectivity index (χ0) is 18.2. The number of aliphatic imine (C=N–C) groups is 1. The topological polar surface area (TPSA) is 141 Å². The van der Waals surface area contributed by atoms with Crippen LogP contribution in [0.1, 0.15) is 19.8 Å². The molecule has 3 N–H and O–H groups in total. The van der Waals surface area contributed by atoms with Crippen molar-refractivity contribution in [1.29, 1.82) is 0 Å². The monoisotopic (exact) mass is 481 g/mol. The number of halogens is 1. The Morgan fingerprint density at radius 2 is 2.23 bits per heavy atom. The largest absolute Gasteiger partial charge is 0.450 e. The highest BCUT2D eigenvalue weighted by Gasteiger charge is 2.23. The molecular formula is C14H24IN7O4. The lowest BCUT2D eigenvalue weighted by atomic mass is 10.1. The van der Waals surface area contributed by atoms with Gasteiger partial charge in [0.05, 0.1) is 24.6 Å². The normalized spacial score (nSPS) is 15.3. The minimum absolute atomic E-state index is 0. The Morgan fingerprint density at radius 3 is 2.81 bits per heavy atom. The summed E-state index contributed by atoms with van der Waals surface area (Å²) in [5, 5.41) is 17.6. The number of nitrogens with two attached hydrogens (primary N) is 1. The van der Waals surface area contributed by atoms with E-state index in [1.54, 1.807) is 11.8 Å². The van der Waals surface area contributed by atoms with Crippen LogP contribution in [0.25, 0.3) is 0 Å². The Balaban J connectivity index is 0.00000338. The fraction of sp³-hybridized carbons (Fsp3) is 0.643. The summed E-state index contributed by atoms with van der Waals surface area (Å²) >= 11 is 0. The van der Waals surface area contributed by atoms with Crippen molar-refractivity contribution in [3.8, 4) is 0 Å². The van der Waals surface area contributed by atoms with Crippen LogP contribution in [-0.2, 0) is 11.3 Å². The number of hydrogen-bond acceptors (Lipinski definition) is 6. The molecule has 1 aromatic rings. The molecule has 1 fully saturated rings. The first-order valence-electron chi connectivity index (χ1n) is 8.14. The third-order valence-electron chi connectivity index (χ3n) is 3.81. The molecule has 1 aromatic heterocycles. The zero-order valence-electron chi connectivity index (χ0n) is 14.5. The lowest BCUT2D eigenvalue weighted by molar-refractivity contribution is -0.385. The molecule has 0 radical (unpaired) electrons. The highest BCUT2D eigenvalue weighted by molar-refractivity contribution is 14.0. The molecule has 12 heteroatoms. The molecule has 1 aliphatic heterocycles. The number of ether oxygens (including phenoxy) is 1. The van der Waals surface area contributed by atoms with E-state index >= 15 is 0 Å². The summed E-state index contributed by atoms with van der Waals surface area (Å²) < 4.78 is 6.43. The number of piperidine rings is 1. The molecule has 1 aliphatic rings. The molecule has 0 aliphatic carbocycles. The predicted octanol–water partition coefficient (Wildman–Crippen LogP) is 0.935. The molecule has 0 aromatic carbocycles. The molecule has 0 unspecified atom stereocenters. The Labute approximate surface area is 168 Å². The van der Waals surface area contributed by atoms with Gasteiger partial charge in [0.15, 0.2) is 5.96 Å². The van der Waals surface area contributed by atoms with Gasteiger partial charge in [0.1, 0.15) is 12.4 Å². The molecule has 1 saturated heterocycles. The highest BCUT2D eigenvalue weighted by atomic mass is 127. The van der Waals surface area contributed by atoms with Crippen LogP contribution >= 0.6 is 24.0 Å². The second kappa shape index (κ2) is 10.8. The SMILES string of the molecule is CCOC(=O)N1CCC(NC(N)=NCCn2cc([N+](=O)[O-])cn2)CC1.I. The van der Waals surface area contributed by atoms with Gasteiger partial charge in [0, 0.05) is 19.1 Å². The Hall–Kier alpha value is -2.12. The molecule has 0 spiro atoms. The molecule has 0 atom stereocenters. The molecular weight excluding hydrogens is 457 g/mol. The zero-order valence-corrected chi connectivity index (χ0v) is 16.9. The number of aromatic nitrogens is 2. The van der Waals surface area contributed by atoms with Gasteiger partial charge in [0.2, 0.25) is 0 Å². The minimum Gasteiger partial charge on any atom is -0.450 e. The van der Waals surface area contributed by atoms with Crippen molar-refractivity contribution >= 4 is 41.7 Å². The van der Waals surface area contributed by atoms with Crippen molar-refractivity contribution in [3.63, 3.8) is 0 Å². The fourth-order valence-corrected chi connectivity index (χ4v) is 2.52. The molecule has 0 saturated carbocycles. The van der Waals surface area contributed by atoms with Gasteiger partial charge < -0.3 is 20.7 Å². The van der Waals surface area contributed by atoms with Gasteiger partial charge in [-0.05, 0) is 19.8 Å². The predicted molar refractivity (Wildman–Crippen MR) is 106 cm³/mol. The van der Waals surface area contributed by atoms with Crippen LogP contribution in [0.4, 0.5) is 10.5 Å². The third-order valence-corrected chi connectivity index (χ3v) is 3.81. The van der Waals surface area contributed by atoms with Crippen molar-refractivity contribution in [2.45, 2.75) is 32.4 Å². The van der Waals surface area contributed by atoms with Crippen LogP contribution < -0.4 is 11.1 Å². The summed E-state index contributed by atoms with van der Waals surface area (Å²) in [5.41, 5.74) is 5.81. The van der Waals surface area contributed by atoms with Crippen molar-refractivity contribution in [2.24, 2.45) is 10.7 Å².